The maximum Gasteiger partial charge on any atom is 0.257 e. The van der Waals surface area contributed by atoms with Gasteiger partial charge in [0.15, 0.2) is 5.13 Å². The van der Waals surface area contributed by atoms with E-state index in [1.807, 2.05) is 24.4 Å². The highest BCUT2D eigenvalue weighted by Crippen LogP contribution is 2.30. The normalized spacial score (nSPS) is 11.7. The van der Waals surface area contributed by atoms with Crippen molar-refractivity contribution in [3.8, 4) is 10.6 Å². The summed E-state index contributed by atoms with van der Waals surface area (Å²) in [5, 5.41) is 5.08. The smallest absolute Gasteiger partial charge is 0.257 e. The van der Waals surface area contributed by atoms with E-state index in [0.29, 0.717) is 5.13 Å². The highest BCUT2D eigenvalue weighted by atomic mass is 32.2. The highest BCUT2D eigenvalue weighted by molar-refractivity contribution is 7.89. The second-order valence-corrected chi connectivity index (χ2v) is 10.1. The second kappa shape index (κ2) is 7.89. The molecule has 0 aliphatic heterocycles. The summed E-state index contributed by atoms with van der Waals surface area (Å²) in [6.07, 6.45) is 0. The SMILES string of the molecule is Cc1ccc(-c2csc(NC(=O)c3cccc(S(=O)(=O)NC(C)C)c3)n2)s1. The molecule has 1 amide bonds. The van der Waals surface area contributed by atoms with Crippen LogP contribution in [0.2, 0.25) is 0 Å². The number of aromatic nitrogens is 1. The van der Waals surface area contributed by atoms with Crippen LogP contribution in [0.15, 0.2) is 46.7 Å². The van der Waals surface area contributed by atoms with E-state index in [2.05, 4.69) is 15.0 Å². The molecule has 0 aliphatic carbocycles. The van der Waals surface area contributed by atoms with Crippen molar-refractivity contribution in [1.82, 2.24) is 9.71 Å². The molecule has 1 aromatic carbocycles. The molecule has 0 spiro atoms. The molecule has 2 heterocycles. The number of hydrogen-bond donors (Lipinski definition) is 2. The monoisotopic (exact) mass is 421 g/mol. The summed E-state index contributed by atoms with van der Waals surface area (Å²) >= 11 is 2.96. The number of hydrogen-bond acceptors (Lipinski definition) is 6. The lowest BCUT2D eigenvalue weighted by Gasteiger charge is -2.10. The molecule has 0 atom stereocenters. The Bertz CT molecular complexity index is 1070. The van der Waals surface area contributed by atoms with Gasteiger partial charge < -0.3 is 0 Å². The van der Waals surface area contributed by atoms with Crippen LogP contribution in [0.5, 0.6) is 0 Å². The Morgan fingerprint density at radius 1 is 1.19 bits per heavy atom. The maximum absolute atomic E-state index is 12.5. The number of aryl methyl sites for hydroxylation is 1. The van der Waals surface area contributed by atoms with Gasteiger partial charge >= 0.3 is 0 Å². The molecule has 0 unspecified atom stereocenters. The minimum Gasteiger partial charge on any atom is -0.298 e. The summed E-state index contributed by atoms with van der Waals surface area (Å²) in [6, 6.07) is 9.72. The minimum absolute atomic E-state index is 0.0535. The van der Waals surface area contributed by atoms with E-state index in [1.165, 1.54) is 28.3 Å². The van der Waals surface area contributed by atoms with Crippen LogP contribution in [-0.2, 0) is 10.0 Å². The predicted molar refractivity (Wildman–Crippen MR) is 110 cm³/mol. The van der Waals surface area contributed by atoms with Crippen LogP contribution in [0.4, 0.5) is 5.13 Å². The fourth-order valence-electron chi connectivity index (χ4n) is 2.37. The van der Waals surface area contributed by atoms with Gasteiger partial charge in [-0.25, -0.2) is 18.1 Å². The van der Waals surface area contributed by atoms with Crippen molar-refractivity contribution < 1.29 is 13.2 Å². The average Bonchev–Trinajstić information content (AvgIpc) is 3.23. The molecule has 3 aromatic rings. The Morgan fingerprint density at radius 2 is 1.96 bits per heavy atom. The zero-order chi connectivity index (χ0) is 19.6. The zero-order valence-electron chi connectivity index (χ0n) is 15.0. The number of anilines is 1. The summed E-state index contributed by atoms with van der Waals surface area (Å²) < 4.78 is 27.1. The molecule has 9 heteroatoms. The van der Waals surface area contributed by atoms with Crippen LogP contribution in [0, 0.1) is 6.92 Å². The molecule has 0 saturated heterocycles. The lowest BCUT2D eigenvalue weighted by atomic mass is 10.2. The summed E-state index contributed by atoms with van der Waals surface area (Å²) in [5.74, 6) is -0.403. The number of nitrogens with zero attached hydrogens (tertiary/aromatic N) is 1. The fourth-order valence-corrected chi connectivity index (χ4v) is 5.27. The second-order valence-electron chi connectivity index (χ2n) is 6.21. The number of thiophene rings is 1. The summed E-state index contributed by atoms with van der Waals surface area (Å²) in [7, 11) is -3.66. The number of carbonyl (C=O) groups excluding carboxylic acids is 1. The van der Waals surface area contributed by atoms with Crippen LogP contribution in [0.1, 0.15) is 29.1 Å². The lowest BCUT2D eigenvalue weighted by Crippen LogP contribution is -2.30. The number of sulfonamides is 1. The van der Waals surface area contributed by atoms with Crippen LogP contribution >= 0.6 is 22.7 Å². The fraction of sp³-hybridized carbons (Fsp3) is 0.222. The van der Waals surface area contributed by atoms with E-state index in [1.54, 1.807) is 37.3 Å². The zero-order valence-corrected chi connectivity index (χ0v) is 17.5. The van der Waals surface area contributed by atoms with E-state index in [9.17, 15) is 13.2 Å². The molecule has 0 saturated carbocycles. The number of nitrogens with one attached hydrogen (secondary N) is 2. The van der Waals surface area contributed by atoms with Gasteiger partial charge in [-0.15, -0.1) is 22.7 Å². The number of amides is 1. The molecular weight excluding hydrogens is 402 g/mol. The van der Waals surface area contributed by atoms with Gasteiger partial charge in [-0.3, -0.25) is 10.1 Å². The average molecular weight is 422 g/mol. The van der Waals surface area contributed by atoms with Crippen LogP contribution < -0.4 is 10.0 Å². The van der Waals surface area contributed by atoms with Gasteiger partial charge in [0.05, 0.1) is 15.5 Å². The number of carbonyl (C=O) groups is 1. The van der Waals surface area contributed by atoms with Gasteiger partial charge in [-0.1, -0.05) is 6.07 Å². The van der Waals surface area contributed by atoms with Crippen LogP contribution in [0.3, 0.4) is 0 Å². The number of benzene rings is 1. The van der Waals surface area contributed by atoms with Gasteiger partial charge in [0.1, 0.15) is 0 Å². The molecule has 6 nitrogen and oxygen atoms in total. The third kappa shape index (κ3) is 4.81. The first-order valence-electron chi connectivity index (χ1n) is 8.21. The van der Waals surface area contributed by atoms with Crippen LogP contribution in [0.25, 0.3) is 10.6 Å². The Morgan fingerprint density at radius 3 is 2.63 bits per heavy atom. The van der Waals surface area contributed by atoms with Gasteiger partial charge in [-0.05, 0) is 51.1 Å². The molecular formula is C18H19N3O3S3. The largest absolute Gasteiger partial charge is 0.298 e. The van der Waals surface area contributed by atoms with Crippen molar-refractivity contribution in [2.24, 2.45) is 0 Å². The molecule has 0 radical (unpaired) electrons. The van der Waals surface area contributed by atoms with Gasteiger partial charge in [0.25, 0.3) is 5.91 Å². The summed E-state index contributed by atoms with van der Waals surface area (Å²) in [6.45, 7) is 5.50. The van der Waals surface area contributed by atoms with E-state index in [4.69, 9.17) is 0 Å². The molecule has 2 aromatic heterocycles. The number of thiazole rings is 1. The lowest BCUT2D eigenvalue weighted by molar-refractivity contribution is 0.102. The summed E-state index contributed by atoms with van der Waals surface area (Å²) in [4.78, 5) is 19.2. The first-order valence-corrected chi connectivity index (χ1v) is 11.4. The first-order chi connectivity index (χ1) is 12.7. The van der Waals surface area contributed by atoms with Crippen molar-refractivity contribution in [2.75, 3.05) is 5.32 Å². The molecule has 3 rings (SSSR count). The van der Waals surface area contributed by atoms with Crippen molar-refractivity contribution in [1.29, 1.82) is 0 Å². The standard InChI is InChI=1S/C18H19N3O3S3/c1-11(2)21-27(23,24)14-6-4-5-13(9-14)17(22)20-18-19-15(10-25-18)16-8-7-12(3)26-16/h4-11,21H,1-3H3,(H,19,20,22). The Labute approximate surface area is 166 Å². The quantitative estimate of drug-likeness (QED) is 0.627. The van der Waals surface area contributed by atoms with Gasteiger partial charge in [-0.2, -0.15) is 0 Å². The van der Waals surface area contributed by atoms with Crippen molar-refractivity contribution in [3.05, 3.63) is 52.2 Å². The Hall–Kier alpha value is -2.07. The van der Waals surface area contributed by atoms with E-state index < -0.39 is 15.9 Å². The maximum atomic E-state index is 12.5. The molecule has 0 fully saturated rings. The third-order valence-corrected chi connectivity index (χ3v) is 6.95. The van der Waals surface area contributed by atoms with Gasteiger partial charge in [0, 0.05) is 21.9 Å². The molecule has 142 valence electrons. The van der Waals surface area contributed by atoms with Gasteiger partial charge in [0.2, 0.25) is 10.0 Å². The summed E-state index contributed by atoms with van der Waals surface area (Å²) in [5.41, 5.74) is 1.07. The molecule has 0 aliphatic rings. The predicted octanol–water partition coefficient (Wildman–Crippen LogP) is 4.12. The van der Waals surface area contributed by atoms with Crippen molar-refractivity contribution in [3.63, 3.8) is 0 Å². The van der Waals surface area contributed by atoms with E-state index in [0.717, 1.165) is 10.6 Å². The molecule has 2 N–H and O–H groups in total. The third-order valence-electron chi connectivity index (χ3n) is 3.51. The molecule has 0 bridgehead atoms. The minimum atomic E-state index is -3.66. The first kappa shape index (κ1) is 19.7. The molecule has 27 heavy (non-hydrogen) atoms. The van der Waals surface area contributed by atoms with Crippen molar-refractivity contribution >= 4 is 43.7 Å². The van der Waals surface area contributed by atoms with Crippen molar-refractivity contribution in [2.45, 2.75) is 31.7 Å². The Balaban J connectivity index is 1.77. The topological polar surface area (TPSA) is 88.2 Å². The van der Waals surface area contributed by atoms with E-state index >= 15 is 0 Å². The highest BCUT2D eigenvalue weighted by Gasteiger charge is 2.18. The van der Waals surface area contributed by atoms with Crippen LogP contribution in [-0.4, -0.2) is 25.4 Å². The van der Waals surface area contributed by atoms with E-state index in [-0.39, 0.29) is 16.5 Å². The Kier molecular flexibility index (Phi) is 5.75. The number of rotatable bonds is 6.